The maximum atomic E-state index is 12.1. The third-order valence-electron chi connectivity index (χ3n) is 3.27. The number of hydrogen-bond donors (Lipinski definition) is 1. The molecule has 0 saturated carbocycles. The fourth-order valence-electron chi connectivity index (χ4n) is 1.89. The molecule has 9 heteroatoms. The van der Waals surface area contributed by atoms with Crippen molar-refractivity contribution in [2.24, 2.45) is 0 Å². The van der Waals surface area contributed by atoms with Crippen molar-refractivity contribution >= 4 is 39.0 Å². The fraction of sp³-hybridized carbons (Fsp3) is 0.588. The van der Waals surface area contributed by atoms with Crippen LogP contribution in [0.3, 0.4) is 0 Å². The predicted molar refractivity (Wildman–Crippen MR) is 110 cm³/mol. The summed E-state index contributed by atoms with van der Waals surface area (Å²) in [7, 11) is -1.13. The summed E-state index contributed by atoms with van der Waals surface area (Å²) in [6.45, 7) is 9.47. The Hall–Kier alpha value is -1.07. The lowest BCUT2D eigenvalue weighted by molar-refractivity contribution is 0.0523. The van der Waals surface area contributed by atoms with Gasteiger partial charge in [0.25, 0.3) is 0 Å². The first kappa shape index (κ1) is 23.0. The van der Waals surface area contributed by atoms with Gasteiger partial charge in [-0.25, -0.2) is 4.79 Å². The molecule has 1 rings (SSSR count). The number of carbonyl (C=O) groups excluding carboxylic acids is 1. The van der Waals surface area contributed by atoms with Crippen molar-refractivity contribution in [1.29, 1.82) is 0 Å². The molecule has 26 heavy (non-hydrogen) atoms. The third kappa shape index (κ3) is 6.92. The number of alkyl carbamates (subject to hydrolysis) is 1. The maximum absolute atomic E-state index is 12.1. The van der Waals surface area contributed by atoms with Gasteiger partial charge in [-0.15, -0.1) is 0 Å². The standard InChI is InChI=1S/C17H27IN2O5S/c1-11(2)12-8-13(10-19-16(21)24-17(3,4)5)15(14(18)9-12)25-26(22,23)20(6)7/h8-9,11H,10H2,1-7H3,(H,19,21). The van der Waals surface area contributed by atoms with Gasteiger partial charge in [-0.3, -0.25) is 0 Å². The largest absolute Gasteiger partial charge is 0.444 e. The van der Waals surface area contributed by atoms with Crippen molar-refractivity contribution in [3.8, 4) is 5.75 Å². The third-order valence-corrected chi connectivity index (χ3v) is 5.34. The van der Waals surface area contributed by atoms with Crippen molar-refractivity contribution in [3.63, 3.8) is 0 Å². The van der Waals surface area contributed by atoms with Crippen molar-refractivity contribution in [1.82, 2.24) is 9.62 Å². The molecular formula is C17H27IN2O5S. The Balaban J connectivity index is 3.19. The molecule has 0 aromatic heterocycles. The quantitative estimate of drug-likeness (QED) is 0.606. The number of halogens is 1. The zero-order valence-electron chi connectivity index (χ0n) is 16.2. The zero-order valence-corrected chi connectivity index (χ0v) is 19.2. The molecule has 0 spiro atoms. The number of amides is 1. The average molecular weight is 498 g/mol. The number of hydrogen-bond acceptors (Lipinski definition) is 5. The van der Waals surface area contributed by atoms with Gasteiger partial charge in [0.2, 0.25) is 0 Å². The first-order chi connectivity index (χ1) is 11.7. The second kappa shape index (κ2) is 8.75. The van der Waals surface area contributed by atoms with Crippen LogP contribution in [0.2, 0.25) is 0 Å². The molecule has 0 heterocycles. The Bertz CT molecular complexity index is 755. The zero-order chi connectivity index (χ0) is 20.3. The van der Waals surface area contributed by atoms with E-state index >= 15 is 0 Å². The Morgan fingerprint density at radius 2 is 1.85 bits per heavy atom. The smallest absolute Gasteiger partial charge is 0.407 e. The molecular weight excluding hydrogens is 471 g/mol. The van der Waals surface area contributed by atoms with Gasteiger partial charge < -0.3 is 14.2 Å². The second-order valence-electron chi connectivity index (χ2n) is 7.32. The van der Waals surface area contributed by atoms with Gasteiger partial charge in [0.1, 0.15) is 5.60 Å². The number of benzene rings is 1. The first-order valence-corrected chi connectivity index (χ1v) is 10.6. The van der Waals surface area contributed by atoms with Crippen LogP contribution >= 0.6 is 22.6 Å². The highest BCUT2D eigenvalue weighted by Gasteiger charge is 2.23. The van der Waals surface area contributed by atoms with E-state index in [1.807, 2.05) is 48.6 Å². The van der Waals surface area contributed by atoms with E-state index in [1.54, 1.807) is 20.8 Å². The van der Waals surface area contributed by atoms with E-state index in [0.29, 0.717) is 9.13 Å². The molecule has 0 saturated heterocycles. The lowest BCUT2D eigenvalue weighted by Gasteiger charge is -2.21. The van der Waals surface area contributed by atoms with Gasteiger partial charge in [-0.2, -0.15) is 12.7 Å². The topological polar surface area (TPSA) is 84.9 Å². The molecule has 1 aromatic carbocycles. The van der Waals surface area contributed by atoms with E-state index in [9.17, 15) is 13.2 Å². The summed E-state index contributed by atoms with van der Waals surface area (Å²) in [5.74, 6) is 0.447. The van der Waals surface area contributed by atoms with E-state index in [2.05, 4.69) is 5.32 Å². The van der Waals surface area contributed by atoms with Crippen molar-refractivity contribution in [2.75, 3.05) is 14.1 Å². The first-order valence-electron chi connectivity index (χ1n) is 8.14. The molecule has 0 bridgehead atoms. The van der Waals surface area contributed by atoms with E-state index in [-0.39, 0.29) is 18.2 Å². The number of nitrogens with zero attached hydrogens (tertiary/aromatic N) is 1. The molecule has 0 aliphatic heterocycles. The van der Waals surface area contributed by atoms with E-state index in [0.717, 1.165) is 9.87 Å². The summed E-state index contributed by atoms with van der Waals surface area (Å²) in [4.78, 5) is 11.9. The van der Waals surface area contributed by atoms with Gasteiger partial charge in [0.05, 0.1) is 3.57 Å². The van der Waals surface area contributed by atoms with Gasteiger partial charge in [-0.1, -0.05) is 13.8 Å². The lowest BCUT2D eigenvalue weighted by atomic mass is 10.0. The van der Waals surface area contributed by atoms with E-state index in [4.69, 9.17) is 8.92 Å². The van der Waals surface area contributed by atoms with Crippen LogP contribution in [0.15, 0.2) is 12.1 Å². The van der Waals surface area contributed by atoms with Crippen molar-refractivity contribution in [3.05, 3.63) is 26.8 Å². The van der Waals surface area contributed by atoms with Crippen LogP contribution in [0.25, 0.3) is 0 Å². The summed E-state index contributed by atoms with van der Waals surface area (Å²) in [5, 5.41) is 2.65. The minimum absolute atomic E-state index is 0.0871. The number of carbonyl (C=O) groups is 1. The molecule has 1 aromatic rings. The van der Waals surface area contributed by atoms with Crippen LogP contribution in [-0.2, 0) is 21.6 Å². The number of ether oxygens (including phenoxy) is 1. The van der Waals surface area contributed by atoms with Gasteiger partial charge in [0.15, 0.2) is 5.75 Å². The summed E-state index contributed by atoms with van der Waals surface area (Å²) in [5.41, 5.74) is 0.966. The fourth-order valence-corrected chi connectivity index (χ4v) is 3.42. The minimum atomic E-state index is -3.91. The Kier molecular flexibility index (Phi) is 7.73. The summed E-state index contributed by atoms with van der Waals surface area (Å²) in [6.07, 6.45) is -0.580. The van der Waals surface area contributed by atoms with Crippen LogP contribution in [0.4, 0.5) is 4.79 Å². The summed E-state index contributed by atoms with van der Waals surface area (Å²) >= 11 is 2.04. The molecule has 0 atom stereocenters. The number of rotatable bonds is 6. The highest BCUT2D eigenvalue weighted by Crippen LogP contribution is 2.32. The Labute approximate surface area is 169 Å². The molecule has 0 aliphatic rings. The van der Waals surface area contributed by atoms with Crippen LogP contribution in [-0.4, -0.2) is 38.5 Å². The predicted octanol–water partition coefficient (Wildman–Crippen LogP) is 3.62. The summed E-state index contributed by atoms with van der Waals surface area (Å²) in [6, 6.07) is 3.72. The van der Waals surface area contributed by atoms with Crippen LogP contribution < -0.4 is 9.50 Å². The molecule has 0 fully saturated rings. The van der Waals surface area contributed by atoms with E-state index in [1.165, 1.54) is 14.1 Å². The van der Waals surface area contributed by atoms with Crippen molar-refractivity contribution in [2.45, 2.75) is 52.7 Å². The highest BCUT2D eigenvalue weighted by atomic mass is 127. The monoisotopic (exact) mass is 498 g/mol. The number of nitrogens with one attached hydrogen (secondary N) is 1. The second-order valence-corrected chi connectivity index (χ2v) is 10.2. The molecule has 0 aliphatic carbocycles. The van der Waals surface area contributed by atoms with E-state index < -0.39 is 22.0 Å². The normalized spacial score (nSPS) is 12.4. The van der Waals surface area contributed by atoms with Crippen LogP contribution in [0, 0.1) is 3.57 Å². The lowest BCUT2D eigenvalue weighted by Crippen LogP contribution is -2.32. The van der Waals surface area contributed by atoms with Gasteiger partial charge >= 0.3 is 16.4 Å². The van der Waals surface area contributed by atoms with Gasteiger partial charge in [0, 0.05) is 26.2 Å². The Morgan fingerprint density at radius 1 is 1.27 bits per heavy atom. The minimum Gasteiger partial charge on any atom is -0.444 e. The average Bonchev–Trinajstić information content (AvgIpc) is 2.45. The molecule has 148 valence electrons. The molecule has 7 nitrogen and oxygen atoms in total. The maximum Gasteiger partial charge on any atom is 0.407 e. The molecule has 0 radical (unpaired) electrons. The molecule has 0 unspecified atom stereocenters. The molecule has 1 N–H and O–H groups in total. The van der Waals surface area contributed by atoms with Crippen molar-refractivity contribution < 1.29 is 22.1 Å². The molecule has 1 amide bonds. The SMILES string of the molecule is CC(C)c1cc(I)c(OS(=O)(=O)N(C)C)c(CNC(=O)OC(C)(C)C)c1. The van der Waals surface area contributed by atoms with Crippen LogP contribution in [0.1, 0.15) is 51.7 Å². The highest BCUT2D eigenvalue weighted by molar-refractivity contribution is 14.1. The summed E-state index contributed by atoms with van der Waals surface area (Å²) < 4.78 is 36.4. The van der Waals surface area contributed by atoms with Crippen LogP contribution in [0.5, 0.6) is 5.75 Å². The van der Waals surface area contributed by atoms with Gasteiger partial charge in [-0.05, 0) is 67.0 Å². The Morgan fingerprint density at radius 3 is 2.31 bits per heavy atom.